The zero-order valence-corrected chi connectivity index (χ0v) is 14.0. The lowest BCUT2D eigenvalue weighted by molar-refractivity contribution is 0.414. The van der Waals surface area contributed by atoms with Gasteiger partial charge in [-0.2, -0.15) is 4.98 Å². The molecule has 2 heterocycles. The minimum atomic E-state index is 0.679. The minimum absolute atomic E-state index is 0.679. The van der Waals surface area contributed by atoms with Gasteiger partial charge in [-0.15, -0.1) is 0 Å². The molecule has 0 atom stereocenters. The Morgan fingerprint density at radius 1 is 1.19 bits per heavy atom. The van der Waals surface area contributed by atoms with Crippen molar-refractivity contribution in [1.29, 1.82) is 0 Å². The van der Waals surface area contributed by atoms with Gasteiger partial charge >= 0.3 is 0 Å². The van der Waals surface area contributed by atoms with Gasteiger partial charge in [0.2, 0.25) is 0 Å². The summed E-state index contributed by atoms with van der Waals surface area (Å²) in [5.74, 6) is 0.854. The standard InChI is InChI=1S/C14H13BrN4OS/c1-8-11(15)18-13-12(17-8)19-14(21-13)16-7-9-3-5-10(20-2)6-4-9/h3-6H,7H2,1-2H3,(H,16,17,19). The van der Waals surface area contributed by atoms with E-state index in [-0.39, 0.29) is 0 Å². The van der Waals surface area contributed by atoms with Crippen molar-refractivity contribution in [3.63, 3.8) is 0 Å². The summed E-state index contributed by atoms with van der Waals surface area (Å²) in [5, 5.41) is 4.12. The lowest BCUT2D eigenvalue weighted by atomic mass is 10.2. The van der Waals surface area contributed by atoms with E-state index in [0.717, 1.165) is 31.6 Å². The van der Waals surface area contributed by atoms with Gasteiger partial charge in [0.1, 0.15) is 10.4 Å². The van der Waals surface area contributed by atoms with Crippen molar-refractivity contribution in [2.75, 3.05) is 12.4 Å². The van der Waals surface area contributed by atoms with Gasteiger partial charge in [-0.1, -0.05) is 23.5 Å². The summed E-state index contributed by atoms with van der Waals surface area (Å²) in [6.07, 6.45) is 0. The van der Waals surface area contributed by atoms with Crippen LogP contribution in [0.3, 0.4) is 0 Å². The number of fused-ring (bicyclic) bond motifs is 1. The zero-order chi connectivity index (χ0) is 14.8. The van der Waals surface area contributed by atoms with Crippen LogP contribution in [-0.4, -0.2) is 22.1 Å². The molecule has 0 radical (unpaired) electrons. The van der Waals surface area contributed by atoms with Crippen LogP contribution in [-0.2, 0) is 6.54 Å². The molecule has 108 valence electrons. The Morgan fingerprint density at radius 2 is 1.95 bits per heavy atom. The van der Waals surface area contributed by atoms with E-state index in [0.29, 0.717) is 12.2 Å². The van der Waals surface area contributed by atoms with Gasteiger partial charge in [0.05, 0.1) is 12.8 Å². The Hall–Kier alpha value is -1.73. The molecule has 0 aliphatic rings. The molecule has 0 spiro atoms. The van der Waals surface area contributed by atoms with Crippen molar-refractivity contribution in [2.45, 2.75) is 13.5 Å². The molecule has 3 rings (SSSR count). The maximum atomic E-state index is 5.14. The molecular formula is C14H13BrN4OS. The Labute approximate surface area is 134 Å². The van der Waals surface area contributed by atoms with E-state index < -0.39 is 0 Å². The lowest BCUT2D eigenvalue weighted by Crippen LogP contribution is -1.98. The van der Waals surface area contributed by atoms with E-state index in [1.54, 1.807) is 7.11 Å². The average Bonchev–Trinajstić information content (AvgIpc) is 2.88. The third-order valence-electron chi connectivity index (χ3n) is 2.97. The first kappa shape index (κ1) is 14.2. The first-order chi connectivity index (χ1) is 10.2. The van der Waals surface area contributed by atoms with Crippen molar-refractivity contribution >= 4 is 42.9 Å². The number of aromatic nitrogens is 3. The fraction of sp³-hybridized carbons (Fsp3) is 0.214. The summed E-state index contributed by atoms with van der Waals surface area (Å²) in [5.41, 5.74) is 2.68. The molecule has 5 nitrogen and oxygen atoms in total. The van der Waals surface area contributed by atoms with Crippen molar-refractivity contribution in [2.24, 2.45) is 0 Å². The number of methoxy groups -OCH3 is 1. The van der Waals surface area contributed by atoms with Crippen molar-refractivity contribution < 1.29 is 4.74 Å². The van der Waals surface area contributed by atoms with Gasteiger partial charge in [-0.05, 0) is 40.5 Å². The van der Waals surface area contributed by atoms with E-state index in [9.17, 15) is 0 Å². The topological polar surface area (TPSA) is 59.9 Å². The van der Waals surface area contributed by atoms with Gasteiger partial charge in [-0.3, -0.25) is 0 Å². The first-order valence-corrected chi connectivity index (χ1v) is 7.94. The summed E-state index contributed by atoms with van der Waals surface area (Å²) >= 11 is 4.88. The summed E-state index contributed by atoms with van der Waals surface area (Å²) in [7, 11) is 1.66. The minimum Gasteiger partial charge on any atom is -0.497 e. The van der Waals surface area contributed by atoms with Crippen molar-refractivity contribution in [1.82, 2.24) is 15.0 Å². The van der Waals surface area contributed by atoms with Gasteiger partial charge in [0.15, 0.2) is 15.6 Å². The Balaban J connectivity index is 1.75. The lowest BCUT2D eigenvalue weighted by Gasteiger charge is -2.04. The molecule has 1 aromatic carbocycles. The third kappa shape index (κ3) is 3.14. The van der Waals surface area contributed by atoms with Crippen LogP contribution >= 0.6 is 27.3 Å². The SMILES string of the molecule is COc1ccc(CNc2nc3nc(C)c(Br)nc3s2)cc1. The second-order valence-corrected chi connectivity index (χ2v) is 6.18. The van der Waals surface area contributed by atoms with Crippen LogP contribution in [0.1, 0.15) is 11.3 Å². The van der Waals surface area contributed by atoms with Gasteiger partial charge in [0, 0.05) is 6.54 Å². The number of hydrogen-bond donors (Lipinski definition) is 1. The highest BCUT2D eigenvalue weighted by Crippen LogP contribution is 2.26. The predicted octanol–water partition coefficient (Wildman–Crippen LogP) is 3.78. The Kier molecular flexibility index (Phi) is 4.03. The predicted molar refractivity (Wildman–Crippen MR) is 88.0 cm³/mol. The second kappa shape index (κ2) is 5.95. The van der Waals surface area contributed by atoms with Crippen LogP contribution in [0.25, 0.3) is 10.5 Å². The first-order valence-electron chi connectivity index (χ1n) is 6.33. The fourth-order valence-electron chi connectivity index (χ4n) is 1.82. The second-order valence-electron chi connectivity index (χ2n) is 4.45. The highest BCUT2D eigenvalue weighted by atomic mass is 79.9. The van der Waals surface area contributed by atoms with Crippen LogP contribution in [0.5, 0.6) is 5.75 Å². The number of nitrogens with one attached hydrogen (secondary N) is 1. The number of anilines is 1. The third-order valence-corrected chi connectivity index (χ3v) is 4.61. The van der Waals surface area contributed by atoms with E-state index in [1.165, 1.54) is 11.3 Å². The molecule has 2 aromatic heterocycles. The van der Waals surface area contributed by atoms with E-state index >= 15 is 0 Å². The number of aryl methyl sites for hydroxylation is 1. The normalized spacial score (nSPS) is 10.8. The van der Waals surface area contributed by atoms with Gasteiger partial charge < -0.3 is 10.1 Å². The average molecular weight is 365 g/mol. The largest absolute Gasteiger partial charge is 0.497 e. The van der Waals surface area contributed by atoms with E-state index in [1.807, 2.05) is 31.2 Å². The molecule has 7 heteroatoms. The van der Waals surface area contributed by atoms with Crippen LogP contribution in [0.15, 0.2) is 28.9 Å². The highest BCUT2D eigenvalue weighted by molar-refractivity contribution is 9.10. The molecule has 1 N–H and O–H groups in total. The van der Waals surface area contributed by atoms with Crippen LogP contribution in [0, 0.1) is 6.92 Å². The molecule has 0 aliphatic carbocycles. The van der Waals surface area contributed by atoms with E-state index in [4.69, 9.17) is 4.74 Å². The van der Waals surface area contributed by atoms with Crippen molar-refractivity contribution in [3.05, 3.63) is 40.1 Å². The molecule has 3 aromatic rings. The molecular weight excluding hydrogens is 352 g/mol. The maximum Gasteiger partial charge on any atom is 0.191 e. The number of rotatable bonds is 4. The number of halogens is 1. The maximum absolute atomic E-state index is 5.14. The number of nitrogens with zero attached hydrogens (tertiary/aromatic N) is 3. The molecule has 0 amide bonds. The smallest absolute Gasteiger partial charge is 0.191 e. The molecule has 0 unspecified atom stereocenters. The highest BCUT2D eigenvalue weighted by Gasteiger charge is 2.09. The van der Waals surface area contributed by atoms with Crippen molar-refractivity contribution in [3.8, 4) is 5.75 Å². The summed E-state index contributed by atoms with van der Waals surface area (Å²) in [4.78, 5) is 14.1. The summed E-state index contributed by atoms with van der Waals surface area (Å²) in [6, 6.07) is 7.94. The number of thiazole rings is 1. The number of benzene rings is 1. The molecule has 21 heavy (non-hydrogen) atoms. The quantitative estimate of drug-likeness (QED) is 0.763. The summed E-state index contributed by atoms with van der Waals surface area (Å²) < 4.78 is 5.91. The van der Waals surface area contributed by atoms with Gasteiger partial charge in [-0.25, -0.2) is 9.97 Å². The number of hydrogen-bond acceptors (Lipinski definition) is 6. The monoisotopic (exact) mass is 364 g/mol. The van der Waals surface area contributed by atoms with Crippen LogP contribution < -0.4 is 10.1 Å². The van der Waals surface area contributed by atoms with Gasteiger partial charge in [0.25, 0.3) is 0 Å². The Morgan fingerprint density at radius 3 is 2.67 bits per heavy atom. The molecule has 0 aliphatic heterocycles. The Bertz CT molecular complexity index is 733. The fourth-order valence-corrected chi connectivity index (χ4v) is 2.98. The molecule has 0 bridgehead atoms. The zero-order valence-electron chi connectivity index (χ0n) is 11.6. The summed E-state index contributed by atoms with van der Waals surface area (Å²) in [6.45, 7) is 2.60. The molecule has 0 fully saturated rings. The van der Waals surface area contributed by atoms with E-state index in [2.05, 4.69) is 36.2 Å². The van der Waals surface area contributed by atoms with Crippen LogP contribution in [0.4, 0.5) is 5.13 Å². The van der Waals surface area contributed by atoms with Crippen LogP contribution in [0.2, 0.25) is 0 Å². The molecule has 0 saturated heterocycles. The number of ether oxygens (including phenoxy) is 1. The molecule has 0 saturated carbocycles.